The molecule has 0 bridgehead atoms. The van der Waals surface area contributed by atoms with Gasteiger partial charge < -0.3 is 15.4 Å². The summed E-state index contributed by atoms with van der Waals surface area (Å²) in [5.74, 6) is 0. The summed E-state index contributed by atoms with van der Waals surface area (Å²) in [5.41, 5.74) is 7.07. The van der Waals surface area contributed by atoms with Gasteiger partial charge in [-0.1, -0.05) is 0 Å². The van der Waals surface area contributed by atoms with Gasteiger partial charge in [0.05, 0.1) is 0 Å². The average Bonchev–Trinajstić information content (AvgIpc) is 2.32. The number of rotatable bonds is 0. The third-order valence-electron chi connectivity index (χ3n) is 1.50. The summed E-state index contributed by atoms with van der Waals surface area (Å²) in [6, 6.07) is 4.90. The number of nitrogens with two attached hydrogens (primary N) is 1. The maximum absolute atomic E-state index is 10.9. The van der Waals surface area contributed by atoms with Crippen LogP contribution in [0.3, 0.4) is 0 Å². The Morgan fingerprint density at radius 1 is 1.45 bits per heavy atom. The Morgan fingerprint density at radius 2 is 2.27 bits per heavy atom. The highest BCUT2D eigenvalue weighted by atomic mass is 16.5. The Hall–Kier alpha value is -1.71. The first-order valence-electron chi connectivity index (χ1n) is 3.13. The number of oxazole rings is 1. The molecular weight excluding hydrogens is 144 g/mol. The first-order chi connectivity index (χ1) is 5.27. The van der Waals surface area contributed by atoms with E-state index in [9.17, 15) is 5.21 Å². The molecule has 4 heteroatoms. The Labute approximate surface area is 62.4 Å². The van der Waals surface area contributed by atoms with E-state index in [0.29, 0.717) is 21.5 Å². The first kappa shape index (κ1) is 6.03. The van der Waals surface area contributed by atoms with E-state index in [2.05, 4.69) is 0 Å². The molecule has 1 aromatic heterocycles. The van der Waals surface area contributed by atoms with E-state index in [1.165, 1.54) is 0 Å². The summed E-state index contributed by atoms with van der Waals surface area (Å²) in [4.78, 5) is 0. The Kier molecular flexibility index (Phi) is 1.03. The molecule has 11 heavy (non-hydrogen) atoms. The van der Waals surface area contributed by atoms with E-state index >= 15 is 0 Å². The van der Waals surface area contributed by atoms with Gasteiger partial charge >= 0.3 is 6.39 Å². The highest BCUT2D eigenvalue weighted by Crippen LogP contribution is 2.13. The zero-order valence-electron chi connectivity index (χ0n) is 5.65. The van der Waals surface area contributed by atoms with E-state index < -0.39 is 0 Å². The van der Waals surface area contributed by atoms with Gasteiger partial charge in [-0.25, -0.2) is 0 Å². The molecule has 1 heterocycles. The van der Waals surface area contributed by atoms with Gasteiger partial charge in [-0.05, 0) is 6.07 Å². The van der Waals surface area contributed by atoms with Crippen molar-refractivity contribution >= 4 is 16.8 Å². The summed E-state index contributed by atoms with van der Waals surface area (Å²) >= 11 is 0. The molecule has 2 rings (SSSR count). The largest absolute Gasteiger partial charge is 0.616 e. The number of aromatic nitrogens is 1. The Balaban J connectivity index is 2.86. The van der Waals surface area contributed by atoms with Crippen molar-refractivity contribution in [2.75, 3.05) is 5.73 Å². The SMILES string of the molecule is Nc1ccc2c(c1)oc[n+]2[O-]. The van der Waals surface area contributed by atoms with Gasteiger partial charge in [-0.15, -0.1) is 4.73 Å². The molecule has 2 aromatic rings. The van der Waals surface area contributed by atoms with Crippen molar-refractivity contribution in [3.05, 3.63) is 29.8 Å². The van der Waals surface area contributed by atoms with Crippen LogP contribution in [0, 0.1) is 5.21 Å². The van der Waals surface area contributed by atoms with Crippen LogP contribution in [0.25, 0.3) is 11.1 Å². The fourth-order valence-electron chi connectivity index (χ4n) is 0.969. The highest BCUT2D eigenvalue weighted by Gasteiger charge is 2.06. The minimum atomic E-state index is 0.499. The molecule has 0 spiro atoms. The van der Waals surface area contributed by atoms with Crippen molar-refractivity contribution in [3.63, 3.8) is 0 Å². The van der Waals surface area contributed by atoms with Gasteiger partial charge in [0.15, 0.2) is 0 Å². The Bertz CT molecular complexity index is 394. The van der Waals surface area contributed by atoms with Crippen LogP contribution in [0.4, 0.5) is 5.69 Å². The lowest BCUT2D eigenvalue weighted by Gasteiger charge is -1.89. The van der Waals surface area contributed by atoms with Crippen molar-refractivity contribution < 1.29 is 9.15 Å². The number of nitrogen functional groups attached to an aromatic ring is 1. The van der Waals surface area contributed by atoms with Crippen LogP contribution < -0.4 is 10.5 Å². The minimum Gasteiger partial charge on any atom is -0.616 e. The van der Waals surface area contributed by atoms with E-state index in [4.69, 9.17) is 10.2 Å². The van der Waals surface area contributed by atoms with Crippen molar-refractivity contribution in [2.45, 2.75) is 0 Å². The summed E-state index contributed by atoms with van der Waals surface area (Å²) in [5, 5.41) is 10.9. The van der Waals surface area contributed by atoms with E-state index in [-0.39, 0.29) is 0 Å². The fourth-order valence-corrected chi connectivity index (χ4v) is 0.969. The average molecular weight is 150 g/mol. The number of anilines is 1. The molecule has 56 valence electrons. The molecule has 4 nitrogen and oxygen atoms in total. The summed E-state index contributed by atoms with van der Waals surface area (Å²) in [7, 11) is 0. The molecule has 0 radical (unpaired) electrons. The van der Waals surface area contributed by atoms with Crippen LogP contribution >= 0.6 is 0 Å². The predicted octanol–water partition coefficient (Wildman–Crippen LogP) is 0.648. The second-order valence-electron chi connectivity index (χ2n) is 2.28. The van der Waals surface area contributed by atoms with Crippen LogP contribution in [0.1, 0.15) is 0 Å². The van der Waals surface area contributed by atoms with Crippen molar-refractivity contribution in [1.82, 2.24) is 0 Å². The van der Waals surface area contributed by atoms with Gasteiger partial charge in [-0.3, -0.25) is 0 Å². The van der Waals surface area contributed by atoms with E-state index in [0.717, 1.165) is 6.39 Å². The van der Waals surface area contributed by atoms with Crippen molar-refractivity contribution in [3.8, 4) is 0 Å². The minimum absolute atomic E-state index is 0.499. The smallest absolute Gasteiger partial charge is 0.347 e. The lowest BCUT2D eigenvalue weighted by atomic mass is 10.3. The van der Waals surface area contributed by atoms with Crippen LogP contribution in [0.5, 0.6) is 0 Å². The fraction of sp³-hybridized carbons (Fsp3) is 0. The van der Waals surface area contributed by atoms with E-state index in [1.807, 2.05) is 0 Å². The second-order valence-corrected chi connectivity index (χ2v) is 2.28. The number of hydrogen-bond donors (Lipinski definition) is 1. The van der Waals surface area contributed by atoms with Gasteiger partial charge in [-0.2, -0.15) is 0 Å². The molecule has 0 fully saturated rings. The number of nitrogens with zero attached hydrogens (tertiary/aromatic N) is 1. The summed E-state index contributed by atoms with van der Waals surface area (Å²) < 4.78 is 5.56. The maximum Gasteiger partial charge on any atom is 0.347 e. The molecule has 0 aliphatic carbocycles. The van der Waals surface area contributed by atoms with Gasteiger partial charge in [0.25, 0.3) is 5.52 Å². The monoisotopic (exact) mass is 150 g/mol. The van der Waals surface area contributed by atoms with Crippen LogP contribution in [0.2, 0.25) is 0 Å². The lowest BCUT2D eigenvalue weighted by molar-refractivity contribution is -0.582. The van der Waals surface area contributed by atoms with Gasteiger partial charge in [0, 0.05) is 17.8 Å². The summed E-state index contributed by atoms with van der Waals surface area (Å²) in [6.07, 6.45) is 1.10. The normalized spacial score (nSPS) is 10.5. The standard InChI is InChI=1S/C7H6N2O2/c8-5-1-2-6-7(3-5)11-4-9(6)10/h1-4H,8H2. The molecule has 1 aromatic carbocycles. The molecule has 0 unspecified atom stereocenters. The topological polar surface area (TPSA) is 66.1 Å². The molecule has 0 aliphatic heterocycles. The zero-order valence-corrected chi connectivity index (χ0v) is 5.65. The summed E-state index contributed by atoms with van der Waals surface area (Å²) in [6.45, 7) is 0. The molecule has 2 N–H and O–H groups in total. The molecule has 0 amide bonds. The second kappa shape index (κ2) is 1.88. The lowest BCUT2D eigenvalue weighted by Crippen LogP contribution is -2.21. The quantitative estimate of drug-likeness (QED) is 0.340. The van der Waals surface area contributed by atoms with Crippen LogP contribution in [0.15, 0.2) is 29.0 Å². The number of fused-ring (bicyclic) bond motifs is 1. The first-order valence-corrected chi connectivity index (χ1v) is 3.13. The van der Waals surface area contributed by atoms with Gasteiger partial charge in [0.1, 0.15) is 0 Å². The Morgan fingerprint density at radius 3 is 3.09 bits per heavy atom. The number of benzene rings is 1. The van der Waals surface area contributed by atoms with Crippen LogP contribution in [-0.4, -0.2) is 0 Å². The van der Waals surface area contributed by atoms with Crippen molar-refractivity contribution in [1.29, 1.82) is 0 Å². The molecule has 0 saturated carbocycles. The third kappa shape index (κ3) is 0.797. The molecule has 0 aliphatic rings. The number of hydrogen-bond acceptors (Lipinski definition) is 3. The van der Waals surface area contributed by atoms with Gasteiger partial charge in [0.2, 0.25) is 5.58 Å². The third-order valence-corrected chi connectivity index (χ3v) is 1.50. The molecular formula is C7H6N2O2. The zero-order chi connectivity index (χ0) is 7.84. The predicted molar refractivity (Wildman–Crippen MR) is 39.6 cm³/mol. The maximum atomic E-state index is 10.9. The molecule has 0 saturated heterocycles. The molecule has 0 atom stereocenters. The van der Waals surface area contributed by atoms with Crippen molar-refractivity contribution in [2.24, 2.45) is 0 Å². The van der Waals surface area contributed by atoms with Crippen LogP contribution in [-0.2, 0) is 0 Å². The highest BCUT2D eigenvalue weighted by molar-refractivity contribution is 5.73. The van der Waals surface area contributed by atoms with E-state index in [1.54, 1.807) is 18.2 Å².